The number of anilines is 2. The van der Waals surface area contributed by atoms with Gasteiger partial charge in [0.1, 0.15) is 59.5 Å². The van der Waals surface area contributed by atoms with Gasteiger partial charge in [0.05, 0.1) is 115 Å². The fourth-order valence-corrected chi connectivity index (χ4v) is 13.8. The third kappa shape index (κ3) is 15.0. The SMILES string of the molecule is COc1ccc2c(=O)n(-c3ccc(Cl)c4c(NS(C)(=O)=O)nn(C)c34)c([C@H](Cc3cc(F)cc(F)c3)NC(=O)Cn3ccc(C4CC4)n3)nc2c1.COc1ccc2c(=O)n(-c3ccc(Cl)c4c(NS(C)(=O)=O)nn(C)c34)c([C@H](Cc3cc(F)cc(F)c3)NC(=O)Cn3ccc(C4CC4)n3)nc2c1. The molecule has 2 saturated carbocycles. The van der Waals surface area contributed by atoms with Gasteiger partial charge < -0.3 is 20.1 Å². The number of fused-ring (bicyclic) bond motifs is 4. The van der Waals surface area contributed by atoms with Crippen LogP contribution in [0.15, 0.2) is 131 Å². The van der Waals surface area contributed by atoms with Crippen molar-refractivity contribution in [1.82, 2.24) is 68.9 Å². The number of carbonyl (C=O) groups excluding carboxylic acids is 2. The molecule has 26 nitrogen and oxygen atoms in total. The molecule has 2 fully saturated rings. The van der Waals surface area contributed by atoms with Gasteiger partial charge in [0.15, 0.2) is 11.6 Å². The Kier molecular flexibility index (Phi) is 18.9. The molecule has 528 valence electrons. The van der Waals surface area contributed by atoms with Crippen molar-refractivity contribution >= 4 is 110 Å². The number of hydrogen-bond acceptors (Lipinski definition) is 16. The number of nitrogens with zero attached hydrogens (tertiary/aromatic N) is 12. The summed E-state index contributed by atoms with van der Waals surface area (Å²) in [5, 5.41) is 24.6. The van der Waals surface area contributed by atoms with Gasteiger partial charge in [-0.05, 0) is 122 Å². The number of nitrogens with one attached hydrogen (secondary N) is 4. The van der Waals surface area contributed by atoms with E-state index in [4.69, 9.17) is 42.6 Å². The number of carbonyl (C=O) groups is 2. The molecule has 34 heteroatoms. The van der Waals surface area contributed by atoms with Gasteiger partial charge in [0.2, 0.25) is 31.9 Å². The first-order valence-corrected chi connectivity index (χ1v) is 36.1. The maximum Gasteiger partial charge on any atom is 0.266 e. The fourth-order valence-electron chi connectivity index (χ4n) is 12.4. The number of aryl methyl sites for hydroxylation is 2. The molecule has 6 aromatic heterocycles. The molecule has 2 atom stereocenters. The molecule has 0 saturated heterocycles. The zero-order valence-corrected chi connectivity index (χ0v) is 58.2. The first-order valence-electron chi connectivity index (χ1n) is 31.6. The van der Waals surface area contributed by atoms with E-state index in [1.165, 1.54) is 54.2 Å². The second-order valence-corrected chi connectivity index (χ2v) is 29.2. The highest BCUT2D eigenvalue weighted by Crippen LogP contribution is 2.41. The molecule has 12 aromatic rings. The van der Waals surface area contributed by atoms with Gasteiger partial charge in [-0.25, -0.2) is 44.4 Å². The maximum absolute atomic E-state index is 14.6. The summed E-state index contributed by atoms with van der Waals surface area (Å²) in [4.78, 5) is 66.3. The highest BCUT2D eigenvalue weighted by atomic mass is 35.5. The molecular formula is C68H62Cl2F4N16O10S2. The van der Waals surface area contributed by atoms with Gasteiger partial charge >= 0.3 is 0 Å². The fraction of sp³-hybridized carbons (Fsp3) is 0.265. The topological polar surface area (TPSA) is 310 Å². The summed E-state index contributed by atoms with van der Waals surface area (Å²) in [5.41, 5.74) is 2.39. The van der Waals surface area contributed by atoms with E-state index in [2.05, 4.69) is 40.5 Å². The number of benzene rings is 6. The van der Waals surface area contributed by atoms with Crippen LogP contribution >= 0.6 is 23.2 Å². The average Bonchev–Trinajstić information content (AvgIpc) is 1.27. The van der Waals surface area contributed by atoms with Crippen LogP contribution in [0.4, 0.5) is 29.2 Å². The van der Waals surface area contributed by atoms with Crippen LogP contribution in [0.25, 0.3) is 55.0 Å². The molecule has 14 rings (SSSR count). The second-order valence-electron chi connectivity index (χ2n) is 24.9. The molecule has 2 aliphatic rings. The van der Waals surface area contributed by atoms with Crippen molar-refractivity contribution in [3.8, 4) is 22.9 Å². The van der Waals surface area contributed by atoms with Crippen LogP contribution in [0.3, 0.4) is 0 Å². The lowest BCUT2D eigenvalue weighted by Gasteiger charge is -2.24. The first-order chi connectivity index (χ1) is 48.5. The normalized spacial score (nSPS) is 13.8. The third-order valence-electron chi connectivity index (χ3n) is 17.0. The summed E-state index contributed by atoms with van der Waals surface area (Å²) in [5.74, 6) is -2.89. The molecule has 2 aliphatic carbocycles. The van der Waals surface area contributed by atoms with Crippen molar-refractivity contribution in [3.05, 3.63) is 210 Å². The van der Waals surface area contributed by atoms with E-state index < -0.39 is 78.3 Å². The van der Waals surface area contributed by atoms with Gasteiger partial charge in [-0.1, -0.05) is 23.2 Å². The Morgan fingerprint density at radius 1 is 0.539 bits per heavy atom. The number of aromatic nitrogens is 12. The molecule has 4 N–H and O–H groups in total. The lowest BCUT2D eigenvalue weighted by Crippen LogP contribution is -2.37. The van der Waals surface area contributed by atoms with Gasteiger partial charge in [-0.15, -0.1) is 0 Å². The van der Waals surface area contributed by atoms with E-state index in [-0.39, 0.29) is 125 Å². The van der Waals surface area contributed by atoms with Crippen LogP contribution in [-0.4, -0.2) is 114 Å². The van der Waals surface area contributed by atoms with Crippen molar-refractivity contribution in [2.24, 2.45) is 14.1 Å². The van der Waals surface area contributed by atoms with E-state index in [1.807, 2.05) is 12.1 Å². The van der Waals surface area contributed by atoms with Crippen molar-refractivity contribution < 1.29 is 53.5 Å². The van der Waals surface area contributed by atoms with Gasteiger partial charge in [-0.2, -0.15) is 20.4 Å². The molecule has 0 unspecified atom stereocenters. The van der Waals surface area contributed by atoms with Gasteiger partial charge in [-0.3, -0.25) is 56.5 Å². The van der Waals surface area contributed by atoms with Crippen LogP contribution in [0.1, 0.15) is 83.8 Å². The largest absolute Gasteiger partial charge is 0.497 e. The lowest BCUT2D eigenvalue weighted by atomic mass is 10.0. The Morgan fingerprint density at radius 3 is 1.25 bits per heavy atom. The molecule has 0 radical (unpaired) electrons. The Hall–Kier alpha value is -10.7. The van der Waals surface area contributed by atoms with E-state index in [0.29, 0.717) is 23.3 Å². The molecule has 0 aliphatic heterocycles. The predicted octanol–water partition coefficient (Wildman–Crippen LogP) is 9.52. The highest BCUT2D eigenvalue weighted by molar-refractivity contribution is 7.92. The number of ether oxygens (including phenoxy) is 2. The Morgan fingerprint density at radius 2 is 0.912 bits per heavy atom. The lowest BCUT2D eigenvalue weighted by molar-refractivity contribution is -0.123. The van der Waals surface area contributed by atoms with Crippen molar-refractivity contribution in [1.29, 1.82) is 0 Å². The number of hydrogen-bond donors (Lipinski definition) is 4. The molecule has 2 amide bonds. The number of methoxy groups -OCH3 is 2. The van der Waals surface area contributed by atoms with E-state index in [0.717, 1.165) is 86.0 Å². The maximum atomic E-state index is 14.6. The van der Waals surface area contributed by atoms with Crippen LogP contribution in [-0.2, 0) is 69.7 Å². The average molecular weight is 1470 g/mol. The zero-order chi connectivity index (χ0) is 72.4. The van der Waals surface area contributed by atoms with Crippen molar-refractivity contribution in [2.75, 3.05) is 36.2 Å². The molecule has 6 aromatic carbocycles. The van der Waals surface area contributed by atoms with E-state index >= 15 is 0 Å². The summed E-state index contributed by atoms with van der Waals surface area (Å²) in [6.07, 6.45) is 9.11. The summed E-state index contributed by atoms with van der Waals surface area (Å²) >= 11 is 13.2. The Balaban J connectivity index is 0.000000182. The molecule has 0 bridgehead atoms. The summed E-state index contributed by atoms with van der Waals surface area (Å²) in [6.45, 7) is -0.361. The van der Waals surface area contributed by atoms with Crippen LogP contribution in [0, 0.1) is 23.3 Å². The second kappa shape index (κ2) is 27.7. The number of rotatable bonds is 22. The third-order valence-corrected chi connectivity index (χ3v) is 18.8. The van der Waals surface area contributed by atoms with Crippen molar-refractivity contribution in [3.63, 3.8) is 0 Å². The first kappa shape index (κ1) is 69.8. The van der Waals surface area contributed by atoms with E-state index in [9.17, 15) is 53.6 Å². The van der Waals surface area contributed by atoms with Crippen LogP contribution < -0.4 is 40.7 Å². The minimum Gasteiger partial charge on any atom is -0.497 e. The van der Waals surface area contributed by atoms with Crippen LogP contribution in [0.5, 0.6) is 11.5 Å². The van der Waals surface area contributed by atoms with Gasteiger partial charge in [0, 0.05) is 75.4 Å². The Labute approximate surface area is 587 Å². The standard InChI is InChI=1S/2C34H31ClF2N8O5S/c2*1-43-31-28(9-8-24(35)30(31)32(41-43)42-51(3,48)49)45-33(39-26-16-22(50-2)6-7-23(26)34(45)47)27(14-18-12-20(36)15-21(37)13-18)38-29(46)17-44-11-10-25(40-44)19-4-5-19/h2*6-13,15-16,19,27H,4-5,14,17H2,1-3H3,(H,38,46)(H,41,42)/t2*27-/m00/s1. The Bertz CT molecular complexity index is 5370. The predicted molar refractivity (Wildman–Crippen MR) is 374 cm³/mol. The summed E-state index contributed by atoms with van der Waals surface area (Å²) in [7, 11) is -1.55. The zero-order valence-electron chi connectivity index (χ0n) is 55.0. The number of amides is 2. The van der Waals surface area contributed by atoms with E-state index in [1.54, 1.807) is 75.0 Å². The monoisotopic (exact) mass is 1470 g/mol. The van der Waals surface area contributed by atoms with Crippen molar-refractivity contribution in [2.45, 2.75) is 75.5 Å². The quantitative estimate of drug-likeness (QED) is 0.0459. The summed E-state index contributed by atoms with van der Waals surface area (Å²) < 4.78 is 131. The smallest absolute Gasteiger partial charge is 0.266 e. The molecule has 0 spiro atoms. The number of halogens is 6. The highest BCUT2D eigenvalue weighted by Gasteiger charge is 2.32. The summed E-state index contributed by atoms with van der Waals surface area (Å²) in [6, 6.07) is 22.9. The minimum atomic E-state index is -3.79. The van der Waals surface area contributed by atoms with Crippen LogP contribution in [0.2, 0.25) is 10.0 Å². The molecular weight excluding hydrogens is 1410 g/mol. The molecule has 102 heavy (non-hydrogen) atoms. The minimum absolute atomic E-state index is 0.000326. The molecule has 6 heterocycles. The van der Waals surface area contributed by atoms with Gasteiger partial charge in [0.25, 0.3) is 11.1 Å². The number of sulfonamides is 2.